The molecule has 0 radical (unpaired) electrons. The number of aliphatic hydroxyl groups excluding tert-OH is 1. The molecule has 5 heteroatoms. The summed E-state index contributed by atoms with van der Waals surface area (Å²) in [6.45, 7) is 4.43. The Labute approximate surface area is 184 Å². The van der Waals surface area contributed by atoms with Gasteiger partial charge in [-0.25, -0.2) is 0 Å². The number of hydrogen-bond acceptors (Lipinski definition) is 4. The van der Waals surface area contributed by atoms with Crippen LogP contribution in [0.1, 0.15) is 78.1 Å². The Hall–Kier alpha value is -0.940. The number of esters is 1. The van der Waals surface area contributed by atoms with Crippen LogP contribution >= 0.6 is 15.9 Å². The molecule has 0 bridgehead atoms. The number of carbonyl (C=O) groups excluding carboxylic acids is 2. The van der Waals surface area contributed by atoms with Gasteiger partial charge in [0, 0.05) is 12.3 Å². The number of ketones is 1. The van der Waals surface area contributed by atoms with E-state index < -0.39 is 6.10 Å². The maximum atomic E-state index is 13.0. The summed E-state index contributed by atoms with van der Waals surface area (Å²) in [6, 6.07) is 0. The van der Waals surface area contributed by atoms with E-state index in [1.165, 1.54) is 24.8 Å². The van der Waals surface area contributed by atoms with Crippen LogP contribution in [0.5, 0.6) is 0 Å². The van der Waals surface area contributed by atoms with Crippen LogP contribution in [0.15, 0.2) is 23.8 Å². The van der Waals surface area contributed by atoms with E-state index in [4.69, 9.17) is 4.74 Å². The molecule has 0 aromatic rings. The molecule has 5 atom stereocenters. The summed E-state index contributed by atoms with van der Waals surface area (Å²) >= 11 is 3.60. The second kappa shape index (κ2) is 12.7. The average Bonchev–Trinajstić information content (AvgIpc) is 3.03. The largest absolute Gasteiger partial charge is 0.466 e. The van der Waals surface area contributed by atoms with Crippen molar-refractivity contribution in [1.29, 1.82) is 0 Å². The normalized spacial score (nSPS) is 27.5. The molecular formula is C24H37BrO4. The van der Waals surface area contributed by atoms with Crippen LogP contribution in [-0.4, -0.2) is 34.4 Å². The highest BCUT2D eigenvalue weighted by molar-refractivity contribution is 9.10. The van der Waals surface area contributed by atoms with Gasteiger partial charge in [-0.3, -0.25) is 9.59 Å². The Morgan fingerprint density at radius 2 is 2.10 bits per heavy atom. The molecule has 0 amide bonds. The lowest BCUT2D eigenvalue weighted by molar-refractivity contribution is -0.143. The third-order valence-corrected chi connectivity index (χ3v) is 7.14. The number of alkyl halides is 1. The first-order valence-corrected chi connectivity index (χ1v) is 12.3. The molecule has 0 aromatic carbocycles. The van der Waals surface area contributed by atoms with Crippen molar-refractivity contribution < 1.29 is 19.4 Å². The van der Waals surface area contributed by atoms with Crippen LogP contribution < -0.4 is 0 Å². The van der Waals surface area contributed by atoms with E-state index in [0.29, 0.717) is 25.9 Å². The minimum atomic E-state index is -0.531. The monoisotopic (exact) mass is 468 g/mol. The van der Waals surface area contributed by atoms with E-state index in [0.717, 1.165) is 25.7 Å². The van der Waals surface area contributed by atoms with Crippen LogP contribution in [0.3, 0.4) is 0 Å². The highest BCUT2D eigenvalue weighted by Crippen LogP contribution is 2.46. The number of unbranched alkanes of at least 4 members (excludes halogenated alkanes) is 3. The first-order chi connectivity index (χ1) is 14.0. The first kappa shape index (κ1) is 24.3. The molecule has 0 aliphatic heterocycles. The molecule has 164 valence electrons. The summed E-state index contributed by atoms with van der Waals surface area (Å²) < 4.78 is 4.94. The molecule has 1 unspecified atom stereocenters. The molecule has 1 N–H and O–H groups in total. The Morgan fingerprint density at radius 1 is 1.31 bits per heavy atom. The van der Waals surface area contributed by atoms with Gasteiger partial charge >= 0.3 is 5.97 Å². The third-order valence-electron chi connectivity index (χ3n) is 6.23. The van der Waals surface area contributed by atoms with Gasteiger partial charge in [0.2, 0.25) is 0 Å². The number of rotatable bonds is 12. The molecule has 2 aliphatic rings. The zero-order chi connectivity index (χ0) is 21.2. The maximum Gasteiger partial charge on any atom is 0.306 e. The standard InChI is InChI=1S/C24H37BrO4/c1-3-5-6-7-11-20(25)24(28)23-19-14-13-17(15-18(19)16-21(23)26)10-8-9-12-22(27)29-4-2/h8,10,15,18-21,23,26H,3-7,9,11-14,16H2,1-2H3/t18-,19-,20?,21-,23+/m1/s1. The van der Waals surface area contributed by atoms with Crippen LogP contribution in [0.2, 0.25) is 0 Å². The molecule has 29 heavy (non-hydrogen) atoms. The van der Waals surface area contributed by atoms with Crippen LogP contribution in [0.4, 0.5) is 0 Å². The van der Waals surface area contributed by atoms with E-state index in [-0.39, 0.29) is 34.3 Å². The van der Waals surface area contributed by atoms with Crippen molar-refractivity contribution in [2.24, 2.45) is 17.8 Å². The van der Waals surface area contributed by atoms with Gasteiger partial charge in [-0.05, 0) is 50.9 Å². The second-order valence-corrected chi connectivity index (χ2v) is 9.51. The first-order valence-electron chi connectivity index (χ1n) is 11.4. The summed E-state index contributed by atoms with van der Waals surface area (Å²) in [5.74, 6) is 0.334. The number of allylic oxidation sites excluding steroid dienone is 4. The summed E-state index contributed by atoms with van der Waals surface area (Å²) in [4.78, 5) is 24.3. The van der Waals surface area contributed by atoms with Crippen molar-refractivity contribution in [3.63, 3.8) is 0 Å². The predicted octanol–water partition coefficient (Wildman–Crippen LogP) is 5.52. The van der Waals surface area contributed by atoms with E-state index >= 15 is 0 Å². The van der Waals surface area contributed by atoms with Crippen LogP contribution in [0, 0.1) is 17.8 Å². The summed E-state index contributed by atoms with van der Waals surface area (Å²) in [5.41, 5.74) is 1.25. The molecule has 4 nitrogen and oxygen atoms in total. The lowest BCUT2D eigenvalue weighted by Gasteiger charge is -2.28. The number of carbonyl (C=O) groups is 2. The van der Waals surface area contributed by atoms with Crippen molar-refractivity contribution in [3.05, 3.63) is 23.8 Å². The Balaban J connectivity index is 1.87. The second-order valence-electron chi connectivity index (χ2n) is 8.40. The molecule has 1 fully saturated rings. The Bertz CT molecular complexity index is 598. The maximum absolute atomic E-state index is 13.0. The lowest BCUT2D eigenvalue weighted by atomic mass is 9.77. The van der Waals surface area contributed by atoms with Crippen molar-refractivity contribution >= 4 is 27.7 Å². The van der Waals surface area contributed by atoms with Crippen molar-refractivity contribution in [2.75, 3.05) is 6.61 Å². The van der Waals surface area contributed by atoms with Gasteiger partial charge in [0.1, 0.15) is 0 Å². The topological polar surface area (TPSA) is 63.6 Å². The molecule has 0 spiro atoms. The highest BCUT2D eigenvalue weighted by Gasteiger charge is 2.47. The molecule has 1 saturated carbocycles. The minimum Gasteiger partial charge on any atom is -0.466 e. The number of Topliss-reactive ketones (excluding diaryl/α,β-unsaturated/α-hetero) is 1. The Morgan fingerprint density at radius 3 is 2.83 bits per heavy atom. The Kier molecular flexibility index (Phi) is 10.6. The van der Waals surface area contributed by atoms with Gasteiger partial charge in [-0.1, -0.05) is 72.3 Å². The molecule has 0 heterocycles. The number of aliphatic hydroxyl groups is 1. The molecule has 0 saturated heterocycles. The number of hydrogen-bond donors (Lipinski definition) is 1. The number of ether oxygens (including phenoxy) is 1. The molecular weight excluding hydrogens is 432 g/mol. The van der Waals surface area contributed by atoms with E-state index in [1.54, 1.807) is 0 Å². The van der Waals surface area contributed by atoms with Crippen LogP contribution in [0.25, 0.3) is 0 Å². The fourth-order valence-electron chi connectivity index (χ4n) is 4.74. The van der Waals surface area contributed by atoms with Gasteiger partial charge < -0.3 is 9.84 Å². The van der Waals surface area contributed by atoms with E-state index in [2.05, 4.69) is 35.0 Å². The molecule has 2 aliphatic carbocycles. The van der Waals surface area contributed by atoms with E-state index in [9.17, 15) is 14.7 Å². The molecule has 0 aromatic heterocycles. The van der Waals surface area contributed by atoms with Gasteiger partial charge in [-0.2, -0.15) is 0 Å². The summed E-state index contributed by atoms with van der Waals surface area (Å²) in [5, 5.41) is 10.6. The molecule has 2 rings (SSSR count). The van der Waals surface area contributed by atoms with Crippen molar-refractivity contribution in [2.45, 2.75) is 89.0 Å². The summed E-state index contributed by atoms with van der Waals surface area (Å²) in [7, 11) is 0. The average molecular weight is 469 g/mol. The fraction of sp³-hybridized carbons (Fsp3) is 0.750. The fourth-order valence-corrected chi connectivity index (χ4v) is 5.37. The number of fused-ring (bicyclic) bond motifs is 1. The van der Waals surface area contributed by atoms with E-state index in [1.807, 2.05) is 13.0 Å². The smallest absolute Gasteiger partial charge is 0.306 e. The predicted molar refractivity (Wildman–Crippen MR) is 120 cm³/mol. The van der Waals surface area contributed by atoms with Gasteiger partial charge in [-0.15, -0.1) is 0 Å². The lowest BCUT2D eigenvalue weighted by Crippen LogP contribution is -2.34. The van der Waals surface area contributed by atoms with Crippen molar-refractivity contribution in [1.82, 2.24) is 0 Å². The minimum absolute atomic E-state index is 0.133. The quantitative estimate of drug-likeness (QED) is 0.232. The van der Waals surface area contributed by atoms with Crippen molar-refractivity contribution in [3.8, 4) is 0 Å². The third kappa shape index (κ3) is 7.36. The zero-order valence-corrected chi connectivity index (χ0v) is 19.5. The highest BCUT2D eigenvalue weighted by atomic mass is 79.9. The van der Waals surface area contributed by atoms with Gasteiger partial charge in [0.05, 0.1) is 17.5 Å². The zero-order valence-electron chi connectivity index (χ0n) is 17.9. The summed E-state index contributed by atoms with van der Waals surface area (Å²) in [6.07, 6.45) is 15.0. The van der Waals surface area contributed by atoms with Gasteiger partial charge in [0.15, 0.2) is 5.78 Å². The van der Waals surface area contributed by atoms with Gasteiger partial charge in [0.25, 0.3) is 0 Å². The number of halogens is 1. The SMILES string of the molecule is CCCCCCC(Br)C(=O)[C@H]1[C@@H]2CCC(C=CCCC(=O)OCC)=C[C@@H]2C[C@H]1O. The van der Waals surface area contributed by atoms with Crippen LogP contribution in [-0.2, 0) is 14.3 Å².